The van der Waals surface area contributed by atoms with E-state index in [1.807, 2.05) is 13.0 Å². The molecule has 1 unspecified atom stereocenters. The predicted molar refractivity (Wildman–Crippen MR) is 37.4 cm³/mol. The van der Waals surface area contributed by atoms with Crippen LogP contribution in [0.15, 0.2) is 12.2 Å². The third-order valence-electron chi connectivity index (χ3n) is 1.36. The second-order valence-electron chi connectivity index (χ2n) is 2.14. The van der Waals surface area contributed by atoms with Gasteiger partial charge >= 0.3 is 0 Å². The van der Waals surface area contributed by atoms with Crippen molar-refractivity contribution in [1.29, 1.82) is 0 Å². The number of rotatable bonds is 1. The van der Waals surface area contributed by atoms with Gasteiger partial charge in [-0.05, 0) is 6.92 Å². The molecule has 52 valence electrons. The first-order valence-electron chi connectivity index (χ1n) is 3.38. The van der Waals surface area contributed by atoms with Crippen molar-refractivity contribution in [1.82, 2.24) is 5.32 Å². The van der Waals surface area contributed by atoms with Crippen LogP contribution in [0.5, 0.6) is 0 Å². The zero-order chi connectivity index (χ0) is 6.53. The smallest absolute Gasteiger partial charge is 0.0880 e. The molecule has 0 aliphatic carbocycles. The molecule has 0 amide bonds. The summed E-state index contributed by atoms with van der Waals surface area (Å²) in [6.45, 7) is 4.81. The molecule has 1 aliphatic heterocycles. The molecule has 0 aromatic heterocycles. The van der Waals surface area contributed by atoms with Crippen LogP contribution in [-0.2, 0) is 4.74 Å². The molecule has 1 aliphatic rings. The fraction of sp³-hybridized carbons (Fsp3) is 0.714. The Kier molecular flexibility index (Phi) is 2.74. The van der Waals surface area contributed by atoms with E-state index in [9.17, 15) is 0 Å². The molecule has 9 heavy (non-hydrogen) atoms. The van der Waals surface area contributed by atoms with E-state index in [1.54, 1.807) is 0 Å². The van der Waals surface area contributed by atoms with Crippen LogP contribution in [0.1, 0.15) is 6.92 Å². The number of hydrogen-bond acceptors (Lipinski definition) is 2. The number of morpholine rings is 1. The quantitative estimate of drug-likeness (QED) is 0.519. The Bertz CT molecular complexity index is 95.1. The van der Waals surface area contributed by atoms with E-state index >= 15 is 0 Å². The summed E-state index contributed by atoms with van der Waals surface area (Å²) in [7, 11) is 0. The van der Waals surface area contributed by atoms with E-state index < -0.39 is 0 Å². The molecule has 0 aromatic rings. The fourth-order valence-electron chi connectivity index (χ4n) is 0.924. The summed E-state index contributed by atoms with van der Waals surface area (Å²) in [4.78, 5) is 0. The highest BCUT2D eigenvalue weighted by Crippen LogP contribution is 1.96. The topological polar surface area (TPSA) is 21.3 Å². The summed E-state index contributed by atoms with van der Waals surface area (Å²) >= 11 is 0. The first kappa shape index (κ1) is 6.78. The maximum Gasteiger partial charge on any atom is 0.0880 e. The van der Waals surface area contributed by atoms with Crippen molar-refractivity contribution in [3.05, 3.63) is 12.2 Å². The molecule has 1 fully saturated rings. The zero-order valence-electron chi connectivity index (χ0n) is 5.76. The molecule has 2 nitrogen and oxygen atoms in total. The molecule has 1 atom stereocenters. The third-order valence-corrected chi connectivity index (χ3v) is 1.36. The van der Waals surface area contributed by atoms with Gasteiger partial charge in [-0.3, -0.25) is 0 Å². The minimum absolute atomic E-state index is 0.309. The molecule has 0 radical (unpaired) electrons. The fourth-order valence-corrected chi connectivity index (χ4v) is 0.924. The van der Waals surface area contributed by atoms with Crippen molar-refractivity contribution in [2.75, 3.05) is 19.7 Å². The van der Waals surface area contributed by atoms with Crippen molar-refractivity contribution in [3.63, 3.8) is 0 Å². The van der Waals surface area contributed by atoms with Gasteiger partial charge in [0.05, 0.1) is 12.7 Å². The summed E-state index contributed by atoms with van der Waals surface area (Å²) < 4.78 is 5.37. The molecule has 0 spiro atoms. The van der Waals surface area contributed by atoms with E-state index in [2.05, 4.69) is 11.4 Å². The van der Waals surface area contributed by atoms with E-state index in [-0.39, 0.29) is 0 Å². The van der Waals surface area contributed by atoms with Gasteiger partial charge in [-0.2, -0.15) is 0 Å². The normalized spacial score (nSPS) is 29.2. The molecular formula is C7H13NO. The van der Waals surface area contributed by atoms with Crippen LogP contribution in [0.4, 0.5) is 0 Å². The number of allylic oxidation sites excluding steroid dienone is 1. The molecule has 1 N–H and O–H groups in total. The molecule has 0 saturated carbocycles. The van der Waals surface area contributed by atoms with E-state index in [1.165, 1.54) is 0 Å². The Balaban J connectivity index is 2.23. The number of ether oxygens (including phenoxy) is 1. The second-order valence-corrected chi connectivity index (χ2v) is 2.14. The van der Waals surface area contributed by atoms with Gasteiger partial charge < -0.3 is 10.1 Å². The Morgan fingerprint density at radius 1 is 1.67 bits per heavy atom. The van der Waals surface area contributed by atoms with Gasteiger partial charge in [-0.15, -0.1) is 0 Å². The first-order valence-corrected chi connectivity index (χ1v) is 3.38. The molecular weight excluding hydrogens is 114 g/mol. The van der Waals surface area contributed by atoms with E-state index in [0.29, 0.717) is 6.10 Å². The molecule has 1 heterocycles. The highest BCUT2D eigenvalue weighted by Gasteiger charge is 2.07. The van der Waals surface area contributed by atoms with Crippen molar-refractivity contribution < 1.29 is 4.74 Å². The molecule has 0 aromatic carbocycles. The lowest BCUT2D eigenvalue weighted by molar-refractivity contribution is 0.0591. The van der Waals surface area contributed by atoms with Gasteiger partial charge in [0, 0.05) is 13.1 Å². The standard InChI is InChI=1S/C7H13NO/c1-2-3-7-6-8-4-5-9-7/h2-3,7-8H,4-6H2,1H3/b3-2+. The largest absolute Gasteiger partial charge is 0.372 e. The van der Waals surface area contributed by atoms with Crippen LogP contribution >= 0.6 is 0 Å². The van der Waals surface area contributed by atoms with Gasteiger partial charge in [0.15, 0.2) is 0 Å². The molecule has 2 heteroatoms. The summed E-state index contributed by atoms with van der Waals surface area (Å²) in [6, 6.07) is 0. The Hall–Kier alpha value is -0.340. The summed E-state index contributed by atoms with van der Waals surface area (Å²) in [6.07, 6.45) is 4.41. The van der Waals surface area contributed by atoms with Gasteiger partial charge in [0.25, 0.3) is 0 Å². The van der Waals surface area contributed by atoms with E-state index in [4.69, 9.17) is 4.74 Å². The van der Waals surface area contributed by atoms with E-state index in [0.717, 1.165) is 19.7 Å². The van der Waals surface area contributed by atoms with Crippen molar-refractivity contribution in [3.8, 4) is 0 Å². The Labute approximate surface area is 55.9 Å². The predicted octanol–water partition coefficient (Wildman–Crippen LogP) is 0.551. The van der Waals surface area contributed by atoms with Crippen LogP contribution in [0.3, 0.4) is 0 Å². The SMILES string of the molecule is C/C=C/C1CNCCO1. The number of hydrogen-bond donors (Lipinski definition) is 1. The second kappa shape index (κ2) is 3.64. The summed E-state index contributed by atoms with van der Waals surface area (Å²) in [5, 5.41) is 3.24. The summed E-state index contributed by atoms with van der Waals surface area (Å²) in [5.74, 6) is 0. The maximum absolute atomic E-state index is 5.37. The van der Waals surface area contributed by atoms with Crippen molar-refractivity contribution >= 4 is 0 Å². The van der Waals surface area contributed by atoms with Crippen LogP contribution in [-0.4, -0.2) is 25.8 Å². The molecule has 0 bridgehead atoms. The lowest BCUT2D eigenvalue weighted by Crippen LogP contribution is -2.37. The van der Waals surface area contributed by atoms with Crippen LogP contribution in [0.2, 0.25) is 0 Å². The summed E-state index contributed by atoms with van der Waals surface area (Å²) in [5.41, 5.74) is 0. The minimum Gasteiger partial charge on any atom is -0.372 e. The number of nitrogens with one attached hydrogen (secondary N) is 1. The molecule has 1 rings (SSSR count). The van der Waals surface area contributed by atoms with Crippen molar-refractivity contribution in [2.24, 2.45) is 0 Å². The van der Waals surface area contributed by atoms with Gasteiger partial charge in [0.2, 0.25) is 0 Å². The van der Waals surface area contributed by atoms with Crippen LogP contribution in [0.25, 0.3) is 0 Å². The Morgan fingerprint density at radius 3 is 3.11 bits per heavy atom. The van der Waals surface area contributed by atoms with Gasteiger partial charge in [-0.25, -0.2) is 0 Å². The van der Waals surface area contributed by atoms with Gasteiger partial charge in [0.1, 0.15) is 0 Å². The maximum atomic E-state index is 5.37. The highest BCUT2D eigenvalue weighted by molar-refractivity contribution is 4.89. The zero-order valence-corrected chi connectivity index (χ0v) is 5.76. The van der Waals surface area contributed by atoms with Crippen molar-refractivity contribution in [2.45, 2.75) is 13.0 Å². The van der Waals surface area contributed by atoms with Crippen LogP contribution < -0.4 is 5.32 Å². The van der Waals surface area contributed by atoms with Crippen LogP contribution in [0, 0.1) is 0 Å². The minimum atomic E-state index is 0.309. The van der Waals surface area contributed by atoms with Gasteiger partial charge in [-0.1, -0.05) is 12.2 Å². The lowest BCUT2D eigenvalue weighted by Gasteiger charge is -2.20. The highest BCUT2D eigenvalue weighted by atomic mass is 16.5. The third kappa shape index (κ3) is 2.16. The average molecular weight is 127 g/mol. The first-order chi connectivity index (χ1) is 4.43. The molecule has 1 saturated heterocycles. The monoisotopic (exact) mass is 127 g/mol. The lowest BCUT2D eigenvalue weighted by atomic mass is 10.3. The Morgan fingerprint density at radius 2 is 2.56 bits per heavy atom. The average Bonchev–Trinajstić information content (AvgIpc) is 1.91.